The highest BCUT2D eigenvalue weighted by Crippen LogP contribution is 2.28. The molecule has 0 saturated heterocycles. The fraction of sp³-hybridized carbons (Fsp3) is 0.345. The van der Waals surface area contributed by atoms with Gasteiger partial charge < -0.3 is 14.0 Å². The zero-order valence-electron chi connectivity index (χ0n) is 20.2. The first-order chi connectivity index (χ1) is 16.0. The summed E-state index contributed by atoms with van der Waals surface area (Å²) in [7, 11) is 0. The van der Waals surface area contributed by atoms with Crippen LogP contribution in [0.3, 0.4) is 0 Å². The average Bonchev–Trinajstić information content (AvgIpc) is 3.16. The van der Waals surface area contributed by atoms with Crippen molar-refractivity contribution in [3.8, 4) is 11.5 Å². The van der Waals surface area contributed by atoms with Crippen LogP contribution in [0, 0.1) is 13.8 Å². The molecule has 0 aliphatic carbocycles. The Morgan fingerprint density at radius 2 is 1.64 bits per heavy atom. The van der Waals surface area contributed by atoms with Gasteiger partial charge >= 0.3 is 0 Å². The second-order valence-electron chi connectivity index (χ2n) is 8.97. The zero-order chi connectivity index (χ0) is 23.2. The molecule has 4 heteroatoms. The Balaban J connectivity index is 1.44. The summed E-state index contributed by atoms with van der Waals surface area (Å²) in [6.07, 6.45) is 2.00. The van der Waals surface area contributed by atoms with E-state index in [0.29, 0.717) is 19.1 Å². The molecule has 0 atom stereocenters. The van der Waals surface area contributed by atoms with Crippen LogP contribution in [0.15, 0.2) is 66.7 Å². The van der Waals surface area contributed by atoms with Crippen LogP contribution in [0.25, 0.3) is 11.0 Å². The van der Waals surface area contributed by atoms with E-state index in [-0.39, 0.29) is 0 Å². The van der Waals surface area contributed by atoms with Crippen molar-refractivity contribution in [3.63, 3.8) is 0 Å². The average molecular weight is 443 g/mol. The fourth-order valence-electron chi connectivity index (χ4n) is 4.14. The first kappa shape index (κ1) is 22.9. The molecule has 172 valence electrons. The normalized spacial score (nSPS) is 11.3. The predicted molar refractivity (Wildman–Crippen MR) is 135 cm³/mol. The molecule has 0 N–H and O–H groups in total. The number of rotatable bonds is 10. The molecule has 0 radical (unpaired) electrons. The van der Waals surface area contributed by atoms with Gasteiger partial charge in [-0.15, -0.1) is 0 Å². The second kappa shape index (κ2) is 10.6. The molecule has 4 aromatic rings. The first-order valence-corrected chi connectivity index (χ1v) is 11.9. The fourth-order valence-corrected chi connectivity index (χ4v) is 4.14. The third-order valence-corrected chi connectivity index (χ3v) is 6.01. The van der Waals surface area contributed by atoms with Crippen LogP contribution < -0.4 is 9.47 Å². The van der Waals surface area contributed by atoms with Crippen LogP contribution in [0.1, 0.15) is 55.1 Å². The molecule has 4 rings (SSSR count). The van der Waals surface area contributed by atoms with Crippen molar-refractivity contribution >= 4 is 11.0 Å². The summed E-state index contributed by atoms with van der Waals surface area (Å²) in [5.74, 6) is 3.30. The Labute approximate surface area is 197 Å². The van der Waals surface area contributed by atoms with E-state index >= 15 is 0 Å². The van der Waals surface area contributed by atoms with Gasteiger partial charge in [-0.3, -0.25) is 0 Å². The van der Waals surface area contributed by atoms with E-state index in [0.717, 1.165) is 47.7 Å². The van der Waals surface area contributed by atoms with E-state index in [1.807, 2.05) is 24.3 Å². The van der Waals surface area contributed by atoms with Crippen molar-refractivity contribution in [1.29, 1.82) is 0 Å². The van der Waals surface area contributed by atoms with Crippen LogP contribution in [0.4, 0.5) is 0 Å². The minimum absolute atomic E-state index is 0.410. The van der Waals surface area contributed by atoms with Crippen LogP contribution in [-0.2, 0) is 13.2 Å². The molecule has 0 amide bonds. The summed E-state index contributed by atoms with van der Waals surface area (Å²) in [6, 6.07) is 23.0. The van der Waals surface area contributed by atoms with Gasteiger partial charge in [0.25, 0.3) is 0 Å². The van der Waals surface area contributed by atoms with Crippen molar-refractivity contribution in [3.05, 3.63) is 89.2 Å². The van der Waals surface area contributed by atoms with E-state index in [1.54, 1.807) is 0 Å². The highest BCUT2D eigenvalue weighted by atomic mass is 16.5. The number of para-hydroxylation sites is 3. The van der Waals surface area contributed by atoms with Crippen molar-refractivity contribution in [2.75, 3.05) is 6.61 Å². The molecular formula is C29H34N2O2. The molecule has 0 aliphatic heterocycles. The topological polar surface area (TPSA) is 36.3 Å². The van der Waals surface area contributed by atoms with E-state index in [1.165, 1.54) is 16.7 Å². The minimum Gasteiger partial charge on any atom is -0.493 e. The lowest BCUT2D eigenvalue weighted by Crippen LogP contribution is -2.09. The molecule has 0 fully saturated rings. The lowest BCUT2D eigenvalue weighted by Gasteiger charge is -2.16. The highest BCUT2D eigenvalue weighted by molar-refractivity contribution is 5.75. The predicted octanol–water partition coefficient (Wildman–Crippen LogP) is 7.21. The Bertz CT molecular complexity index is 1210. The largest absolute Gasteiger partial charge is 0.493 e. The van der Waals surface area contributed by atoms with E-state index in [9.17, 15) is 0 Å². The Morgan fingerprint density at radius 3 is 2.45 bits per heavy atom. The molecule has 0 aliphatic rings. The van der Waals surface area contributed by atoms with Gasteiger partial charge in [0, 0.05) is 6.54 Å². The Hall–Kier alpha value is -3.27. The summed E-state index contributed by atoms with van der Waals surface area (Å²) in [5, 5.41) is 0. The molecule has 4 nitrogen and oxygen atoms in total. The van der Waals surface area contributed by atoms with Crippen LogP contribution in [-0.4, -0.2) is 16.2 Å². The van der Waals surface area contributed by atoms with Gasteiger partial charge in [-0.05, 0) is 73.6 Å². The number of fused-ring (bicyclic) bond motifs is 1. The van der Waals surface area contributed by atoms with E-state index in [4.69, 9.17) is 14.5 Å². The molecule has 0 spiro atoms. The maximum Gasteiger partial charge on any atom is 0.147 e. The van der Waals surface area contributed by atoms with Crippen molar-refractivity contribution < 1.29 is 9.47 Å². The van der Waals surface area contributed by atoms with Crippen LogP contribution in [0.2, 0.25) is 0 Å². The third-order valence-electron chi connectivity index (χ3n) is 6.01. The lowest BCUT2D eigenvalue weighted by atomic mass is 10.0. The van der Waals surface area contributed by atoms with Gasteiger partial charge in [-0.2, -0.15) is 0 Å². The van der Waals surface area contributed by atoms with Gasteiger partial charge in [0.2, 0.25) is 0 Å². The molecule has 0 bridgehead atoms. The number of nitrogens with zero attached hydrogens (tertiary/aromatic N) is 2. The van der Waals surface area contributed by atoms with E-state index < -0.39 is 0 Å². The van der Waals surface area contributed by atoms with Crippen LogP contribution >= 0.6 is 0 Å². The van der Waals surface area contributed by atoms with Crippen molar-refractivity contribution in [2.24, 2.45) is 0 Å². The number of imidazole rings is 1. The zero-order valence-corrected chi connectivity index (χ0v) is 20.2. The number of ether oxygens (including phenoxy) is 2. The monoisotopic (exact) mass is 442 g/mol. The molecular weight excluding hydrogens is 408 g/mol. The van der Waals surface area contributed by atoms with Gasteiger partial charge in [0.1, 0.15) is 23.9 Å². The second-order valence-corrected chi connectivity index (χ2v) is 8.97. The van der Waals surface area contributed by atoms with E-state index in [2.05, 4.69) is 74.7 Å². The molecule has 1 heterocycles. The van der Waals surface area contributed by atoms with Crippen LogP contribution in [0.5, 0.6) is 11.5 Å². The molecule has 0 saturated carbocycles. The number of hydrogen-bond donors (Lipinski definition) is 0. The maximum absolute atomic E-state index is 6.33. The van der Waals surface area contributed by atoms with Gasteiger partial charge in [0.05, 0.1) is 17.6 Å². The summed E-state index contributed by atoms with van der Waals surface area (Å²) in [6.45, 7) is 10.6. The number of hydrogen-bond acceptors (Lipinski definition) is 3. The number of benzene rings is 3. The van der Waals surface area contributed by atoms with Crippen molar-refractivity contribution in [1.82, 2.24) is 9.55 Å². The minimum atomic E-state index is 0.410. The lowest BCUT2D eigenvalue weighted by molar-refractivity contribution is 0.281. The standard InChI is InChI=1S/C29H34N2O2/c1-21(2)24-16-15-22(3)19-28(24)33-20-29-30-25-12-6-7-13-26(25)31(29)17-9-10-18-32-27-14-8-5-11-23(27)4/h5-8,11-16,19,21H,9-10,17-18,20H2,1-4H3. The number of unbranched alkanes of at least 4 members (excludes halogenated alkanes) is 1. The smallest absolute Gasteiger partial charge is 0.147 e. The summed E-state index contributed by atoms with van der Waals surface area (Å²) >= 11 is 0. The molecule has 0 unspecified atom stereocenters. The Morgan fingerprint density at radius 1 is 0.848 bits per heavy atom. The van der Waals surface area contributed by atoms with Gasteiger partial charge in [-0.1, -0.05) is 56.3 Å². The summed E-state index contributed by atoms with van der Waals surface area (Å²) in [4.78, 5) is 4.89. The summed E-state index contributed by atoms with van der Waals surface area (Å²) < 4.78 is 14.6. The van der Waals surface area contributed by atoms with Gasteiger partial charge in [-0.25, -0.2) is 4.98 Å². The quantitative estimate of drug-likeness (QED) is 0.243. The molecule has 1 aromatic heterocycles. The van der Waals surface area contributed by atoms with Gasteiger partial charge in [0.15, 0.2) is 0 Å². The first-order valence-electron chi connectivity index (χ1n) is 11.9. The maximum atomic E-state index is 6.33. The molecule has 3 aromatic carbocycles. The highest BCUT2D eigenvalue weighted by Gasteiger charge is 2.13. The summed E-state index contributed by atoms with van der Waals surface area (Å²) in [5.41, 5.74) is 5.78. The third kappa shape index (κ3) is 5.57. The molecule has 33 heavy (non-hydrogen) atoms. The SMILES string of the molecule is Cc1ccc(C(C)C)c(OCc2nc3ccccc3n2CCCCOc2ccccc2C)c1. The number of aryl methyl sites for hydroxylation is 3. The Kier molecular flexibility index (Phi) is 7.33. The number of aromatic nitrogens is 2. The van der Waals surface area contributed by atoms with Crippen molar-refractivity contribution in [2.45, 2.75) is 59.6 Å².